The van der Waals surface area contributed by atoms with Gasteiger partial charge in [-0.3, -0.25) is 0 Å². The highest BCUT2D eigenvalue weighted by Crippen LogP contribution is 2.35. The maximum Gasteiger partial charge on any atom is 0.105 e. The molecule has 5 heteroatoms. The zero-order valence-corrected chi connectivity index (χ0v) is 11.0. The SMILES string of the molecule is C1SC(OCC2CS2)CC1OCC1CS1. The van der Waals surface area contributed by atoms with Crippen molar-refractivity contribution in [1.82, 2.24) is 0 Å². The van der Waals surface area contributed by atoms with Crippen LogP contribution in [-0.2, 0) is 9.47 Å². The molecular formula is C10H16O2S3. The van der Waals surface area contributed by atoms with Crippen LogP contribution in [-0.4, -0.2) is 52.5 Å². The first kappa shape index (κ1) is 11.1. The van der Waals surface area contributed by atoms with Crippen LogP contribution in [0.5, 0.6) is 0 Å². The maximum atomic E-state index is 5.85. The molecule has 3 fully saturated rings. The van der Waals surface area contributed by atoms with Gasteiger partial charge in [0.25, 0.3) is 0 Å². The molecule has 0 aromatic heterocycles. The Kier molecular flexibility index (Phi) is 3.76. The summed E-state index contributed by atoms with van der Waals surface area (Å²) < 4.78 is 11.7. The van der Waals surface area contributed by atoms with Gasteiger partial charge in [0, 0.05) is 34.2 Å². The molecule has 0 aliphatic carbocycles. The summed E-state index contributed by atoms with van der Waals surface area (Å²) in [4.78, 5) is 0. The highest BCUT2D eigenvalue weighted by atomic mass is 32.2. The van der Waals surface area contributed by atoms with Crippen LogP contribution in [0.25, 0.3) is 0 Å². The van der Waals surface area contributed by atoms with Crippen LogP contribution in [0.2, 0.25) is 0 Å². The molecule has 86 valence electrons. The minimum atomic E-state index is 0.406. The third-order valence-corrected chi connectivity index (χ3v) is 5.86. The zero-order valence-electron chi connectivity index (χ0n) is 8.59. The molecule has 3 saturated heterocycles. The van der Waals surface area contributed by atoms with Crippen molar-refractivity contribution in [3.63, 3.8) is 0 Å². The van der Waals surface area contributed by atoms with Gasteiger partial charge in [0.2, 0.25) is 0 Å². The first-order valence-corrected chi connectivity index (χ1v) is 8.63. The lowest BCUT2D eigenvalue weighted by Gasteiger charge is -2.11. The van der Waals surface area contributed by atoms with Gasteiger partial charge in [-0.1, -0.05) is 0 Å². The molecule has 0 spiro atoms. The summed E-state index contributed by atoms with van der Waals surface area (Å²) in [6.07, 6.45) is 1.55. The van der Waals surface area contributed by atoms with Crippen molar-refractivity contribution in [3.8, 4) is 0 Å². The van der Waals surface area contributed by atoms with E-state index in [1.54, 1.807) is 0 Å². The summed E-state index contributed by atoms with van der Waals surface area (Å²) in [5.74, 6) is 3.73. The van der Waals surface area contributed by atoms with Gasteiger partial charge in [-0.15, -0.1) is 11.8 Å². The standard InChI is InChI=1S/C10H16O2S3/c1-7(11-2-8-5-13-8)4-15-10(1)12-3-9-6-14-9/h7-10H,1-6H2. The number of rotatable bonds is 6. The fourth-order valence-electron chi connectivity index (χ4n) is 1.58. The van der Waals surface area contributed by atoms with E-state index in [0.717, 1.165) is 35.9 Å². The smallest absolute Gasteiger partial charge is 0.105 e. The average molecular weight is 264 g/mol. The van der Waals surface area contributed by atoms with E-state index in [0.29, 0.717) is 11.5 Å². The third kappa shape index (κ3) is 3.73. The molecule has 3 aliphatic heterocycles. The molecule has 0 saturated carbocycles. The summed E-state index contributed by atoms with van der Waals surface area (Å²) in [6.45, 7) is 1.91. The van der Waals surface area contributed by atoms with Crippen LogP contribution in [0.4, 0.5) is 0 Å². The molecule has 3 aliphatic rings. The second-order valence-corrected chi connectivity index (χ2v) is 8.06. The zero-order chi connectivity index (χ0) is 10.1. The van der Waals surface area contributed by atoms with Crippen LogP contribution >= 0.6 is 35.3 Å². The summed E-state index contributed by atoms with van der Waals surface area (Å²) >= 11 is 5.94. The molecule has 0 bridgehead atoms. The lowest BCUT2D eigenvalue weighted by atomic mass is 10.3. The van der Waals surface area contributed by atoms with Crippen LogP contribution in [0.3, 0.4) is 0 Å². The van der Waals surface area contributed by atoms with E-state index in [-0.39, 0.29) is 0 Å². The van der Waals surface area contributed by atoms with E-state index in [9.17, 15) is 0 Å². The Morgan fingerprint density at radius 3 is 2.20 bits per heavy atom. The van der Waals surface area contributed by atoms with E-state index < -0.39 is 0 Å². The van der Waals surface area contributed by atoms with Gasteiger partial charge in [-0.2, -0.15) is 23.5 Å². The fraction of sp³-hybridized carbons (Fsp3) is 1.00. The van der Waals surface area contributed by atoms with Gasteiger partial charge in [-0.05, 0) is 0 Å². The Bertz CT molecular complexity index is 197. The van der Waals surface area contributed by atoms with Crippen LogP contribution in [0.1, 0.15) is 6.42 Å². The van der Waals surface area contributed by atoms with Gasteiger partial charge >= 0.3 is 0 Å². The molecule has 0 radical (unpaired) electrons. The number of hydrogen-bond acceptors (Lipinski definition) is 5. The van der Waals surface area contributed by atoms with E-state index in [1.165, 1.54) is 11.5 Å². The van der Waals surface area contributed by atoms with Gasteiger partial charge in [-0.25, -0.2) is 0 Å². The maximum absolute atomic E-state index is 5.85. The normalized spacial score (nSPS) is 43.2. The van der Waals surface area contributed by atoms with E-state index in [4.69, 9.17) is 9.47 Å². The molecular weight excluding hydrogens is 248 g/mol. The Hall–Kier alpha value is 0.970. The number of thioether (sulfide) groups is 3. The fourth-order valence-corrected chi connectivity index (χ4v) is 3.59. The first-order valence-electron chi connectivity index (χ1n) is 5.48. The van der Waals surface area contributed by atoms with E-state index in [1.807, 2.05) is 35.3 Å². The Labute approximate surface area is 104 Å². The summed E-state index contributed by atoms with van der Waals surface area (Å²) in [7, 11) is 0. The molecule has 4 unspecified atom stereocenters. The first-order chi connectivity index (χ1) is 7.40. The molecule has 2 nitrogen and oxygen atoms in total. The number of ether oxygens (including phenoxy) is 2. The summed E-state index contributed by atoms with van der Waals surface area (Å²) in [6, 6.07) is 0. The monoisotopic (exact) mass is 264 g/mol. The van der Waals surface area contributed by atoms with Gasteiger partial charge in [0.15, 0.2) is 0 Å². The molecule has 0 aromatic carbocycles. The van der Waals surface area contributed by atoms with Crippen molar-refractivity contribution < 1.29 is 9.47 Å². The van der Waals surface area contributed by atoms with Crippen molar-refractivity contribution >= 4 is 35.3 Å². The molecule has 3 rings (SSSR count). The predicted octanol–water partition coefficient (Wildman–Crippen LogP) is 2.08. The lowest BCUT2D eigenvalue weighted by Crippen LogP contribution is -2.17. The van der Waals surface area contributed by atoms with E-state index >= 15 is 0 Å². The Morgan fingerprint density at radius 1 is 0.867 bits per heavy atom. The minimum Gasteiger partial charge on any atom is -0.376 e. The van der Waals surface area contributed by atoms with Crippen molar-refractivity contribution in [2.75, 3.05) is 30.5 Å². The van der Waals surface area contributed by atoms with Crippen LogP contribution < -0.4 is 0 Å². The van der Waals surface area contributed by atoms with Crippen LogP contribution in [0.15, 0.2) is 0 Å². The highest BCUT2D eigenvalue weighted by molar-refractivity contribution is 8.07. The minimum absolute atomic E-state index is 0.406. The highest BCUT2D eigenvalue weighted by Gasteiger charge is 2.31. The molecule has 15 heavy (non-hydrogen) atoms. The summed E-state index contributed by atoms with van der Waals surface area (Å²) in [5, 5.41) is 1.60. The van der Waals surface area contributed by atoms with Gasteiger partial charge < -0.3 is 9.47 Å². The second kappa shape index (κ2) is 5.08. The topological polar surface area (TPSA) is 18.5 Å². The second-order valence-electron chi connectivity index (χ2n) is 4.20. The number of hydrogen-bond donors (Lipinski definition) is 0. The third-order valence-electron chi connectivity index (χ3n) is 2.71. The molecule has 4 atom stereocenters. The van der Waals surface area contributed by atoms with Crippen molar-refractivity contribution in [2.45, 2.75) is 28.5 Å². The summed E-state index contributed by atoms with van der Waals surface area (Å²) in [5.41, 5.74) is 0.406. The van der Waals surface area contributed by atoms with Gasteiger partial charge in [0.1, 0.15) is 5.44 Å². The van der Waals surface area contributed by atoms with Crippen molar-refractivity contribution in [3.05, 3.63) is 0 Å². The predicted molar refractivity (Wildman–Crippen MR) is 69.0 cm³/mol. The Morgan fingerprint density at radius 2 is 1.53 bits per heavy atom. The quantitative estimate of drug-likeness (QED) is 0.682. The molecule has 0 aromatic rings. The van der Waals surface area contributed by atoms with Crippen molar-refractivity contribution in [1.29, 1.82) is 0 Å². The largest absolute Gasteiger partial charge is 0.376 e. The average Bonchev–Trinajstić information content (AvgIpc) is 3.14. The molecule has 0 amide bonds. The lowest BCUT2D eigenvalue weighted by molar-refractivity contribution is 0.0394. The Balaban J connectivity index is 1.30. The molecule has 3 heterocycles. The van der Waals surface area contributed by atoms with Gasteiger partial charge in [0.05, 0.1) is 19.3 Å². The van der Waals surface area contributed by atoms with E-state index in [2.05, 4.69) is 0 Å². The molecule has 0 N–H and O–H groups in total. The van der Waals surface area contributed by atoms with Crippen molar-refractivity contribution in [2.24, 2.45) is 0 Å². The van der Waals surface area contributed by atoms with Crippen LogP contribution in [0, 0.1) is 0 Å².